The summed E-state index contributed by atoms with van der Waals surface area (Å²) in [5, 5.41) is 10.2. The average Bonchev–Trinajstić information content (AvgIpc) is 3.16. The smallest absolute Gasteiger partial charge is 0.0594 e. The minimum atomic E-state index is -0.914. The summed E-state index contributed by atoms with van der Waals surface area (Å²) in [5.74, 6) is -0.914. The first-order valence-electron chi connectivity index (χ1n) is 24.7. The van der Waals surface area contributed by atoms with E-state index < -0.39 is 13.2 Å². The highest BCUT2D eigenvalue weighted by atomic mass is 31.2. The fourth-order valence-corrected chi connectivity index (χ4v) is 12.8. The van der Waals surface area contributed by atoms with Gasteiger partial charge in [-0.2, -0.15) is 0 Å². The summed E-state index contributed by atoms with van der Waals surface area (Å²) < 4.78 is 0. The summed E-state index contributed by atoms with van der Waals surface area (Å²) in [7, 11) is -0.697. The summed E-state index contributed by atoms with van der Waals surface area (Å²) in [5.41, 5.74) is 0. The average molecular weight is 765 g/mol. The number of hydrogen-bond donors (Lipinski definition) is 0. The number of carbonyl (C=O) groups is 1. The fraction of sp³-hybridized carbons (Fsp3) is 0.940. The van der Waals surface area contributed by atoms with Crippen LogP contribution in [-0.4, -0.2) is 30.6 Å². The van der Waals surface area contributed by atoms with Gasteiger partial charge in [0, 0.05) is 13.2 Å². The second kappa shape index (κ2) is 47.8. The molecule has 0 aliphatic carbocycles. The molecule has 0 atom stereocenters. The van der Waals surface area contributed by atoms with Crippen molar-refractivity contribution in [2.45, 2.75) is 279 Å². The fourth-order valence-electron chi connectivity index (χ4n) is 7.92. The van der Waals surface area contributed by atoms with Crippen molar-refractivity contribution in [3.05, 3.63) is 12.2 Å². The van der Waals surface area contributed by atoms with E-state index >= 15 is 0 Å². The van der Waals surface area contributed by atoms with Gasteiger partial charge in [-0.05, 0) is 89.9 Å². The summed E-state index contributed by atoms with van der Waals surface area (Å²) in [6, 6.07) is 0. The third-order valence-electron chi connectivity index (χ3n) is 11.6. The standard InChI is InChI=1S/C32H68P.C18H34O2/c1-5-9-13-17-18-19-20-21-22-23-24-28-32-33(29-25-14-10-6-2,30-26-15-11-7-3)31-27-16-12-8-4;1-2-3-4-5-6-7-8-9-10-11-12-13-14-15-16-17-18(19)20/h5-32H2,1-4H3;9-10H,2-8,11-17H2,1H3,(H,19,20)/q+1;/p-1/b;10-9-. The molecule has 0 unspecified atom stereocenters. The summed E-state index contributed by atoms with van der Waals surface area (Å²) >= 11 is 0. The molecule has 0 rings (SSSR count). The van der Waals surface area contributed by atoms with E-state index in [0.29, 0.717) is 0 Å². The van der Waals surface area contributed by atoms with E-state index in [9.17, 15) is 9.90 Å². The van der Waals surface area contributed by atoms with Gasteiger partial charge < -0.3 is 9.90 Å². The molecule has 0 aromatic carbocycles. The maximum absolute atomic E-state index is 10.2. The molecule has 0 saturated heterocycles. The van der Waals surface area contributed by atoms with Crippen molar-refractivity contribution < 1.29 is 9.90 Å². The first kappa shape index (κ1) is 54.7. The number of carbonyl (C=O) groups excluding carboxylic acids is 1. The molecule has 0 spiro atoms. The molecular formula is C50H101O2P. The van der Waals surface area contributed by atoms with Gasteiger partial charge in [0.1, 0.15) is 0 Å². The molecule has 0 aromatic heterocycles. The number of hydrogen-bond acceptors (Lipinski definition) is 2. The Bertz CT molecular complexity index is 672. The van der Waals surface area contributed by atoms with Crippen LogP contribution in [0.25, 0.3) is 0 Å². The SMILES string of the molecule is CCCCCCCC/C=C\CCCCCCCC(=O)[O-].CCCCCCCCCCCCCC[P+](CCCCCC)(CCCCCC)CCCCCC. The molecule has 0 fully saturated rings. The van der Waals surface area contributed by atoms with Crippen molar-refractivity contribution in [3.8, 4) is 0 Å². The molecule has 0 bridgehead atoms. The normalized spacial score (nSPS) is 11.7. The van der Waals surface area contributed by atoms with Gasteiger partial charge in [0.2, 0.25) is 0 Å². The second-order valence-electron chi connectivity index (χ2n) is 17.0. The van der Waals surface area contributed by atoms with Crippen LogP contribution in [0.1, 0.15) is 279 Å². The predicted molar refractivity (Wildman–Crippen MR) is 244 cm³/mol. The van der Waals surface area contributed by atoms with Gasteiger partial charge in [0.25, 0.3) is 0 Å². The van der Waals surface area contributed by atoms with Gasteiger partial charge in [-0.15, -0.1) is 0 Å². The minimum absolute atomic E-state index is 0.220. The highest BCUT2D eigenvalue weighted by Gasteiger charge is 2.34. The minimum Gasteiger partial charge on any atom is -0.550 e. The molecule has 0 radical (unpaired) electrons. The van der Waals surface area contributed by atoms with Gasteiger partial charge in [0.05, 0.1) is 24.6 Å². The van der Waals surface area contributed by atoms with Crippen LogP contribution in [0, 0.1) is 0 Å². The van der Waals surface area contributed by atoms with E-state index in [-0.39, 0.29) is 6.42 Å². The van der Waals surface area contributed by atoms with Crippen LogP contribution in [0.5, 0.6) is 0 Å². The predicted octanol–water partition coefficient (Wildman–Crippen LogP) is 17.2. The van der Waals surface area contributed by atoms with Crippen LogP contribution in [0.4, 0.5) is 0 Å². The van der Waals surface area contributed by atoms with Crippen molar-refractivity contribution in [1.82, 2.24) is 0 Å². The molecule has 0 heterocycles. The molecule has 0 aliphatic rings. The van der Waals surface area contributed by atoms with E-state index in [4.69, 9.17) is 0 Å². The van der Waals surface area contributed by atoms with Crippen LogP contribution in [0.2, 0.25) is 0 Å². The first-order valence-corrected chi connectivity index (χ1v) is 27.2. The lowest BCUT2D eigenvalue weighted by Crippen LogP contribution is -2.21. The van der Waals surface area contributed by atoms with Gasteiger partial charge in [0.15, 0.2) is 0 Å². The summed E-state index contributed by atoms with van der Waals surface area (Å²) in [4.78, 5) is 10.2. The number of unbranched alkanes of at least 4 members (excludes halogenated alkanes) is 31. The van der Waals surface area contributed by atoms with E-state index in [2.05, 4.69) is 46.8 Å². The van der Waals surface area contributed by atoms with Crippen LogP contribution < -0.4 is 5.11 Å². The Labute approximate surface area is 337 Å². The maximum Gasteiger partial charge on any atom is 0.0594 e. The Hall–Kier alpha value is -0.360. The zero-order valence-electron chi connectivity index (χ0n) is 37.6. The van der Waals surface area contributed by atoms with Crippen molar-refractivity contribution in [2.24, 2.45) is 0 Å². The van der Waals surface area contributed by atoms with Crippen LogP contribution in [0.15, 0.2) is 12.2 Å². The number of carboxylic acid groups (broad SMARTS) is 1. The van der Waals surface area contributed by atoms with Crippen molar-refractivity contribution in [2.75, 3.05) is 24.6 Å². The molecule has 318 valence electrons. The third-order valence-corrected chi connectivity index (χ3v) is 16.6. The lowest BCUT2D eigenvalue weighted by molar-refractivity contribution is -0.305. The maximum atomic E-state index is 10.2. The van der Waals surface area contributed by atoms with Gasteiger partial charge in [-0.25, -0.2) is 0 Å². The monoisotopic (exact) mass is 765 g/mol. The Balaban J connectivity index is 0. The van der Waals surface area contributed by atoms with E-state index in [1.165, 1.54) is 193 Å². The van der Waals surface area contributed by atoms with Crippen molar-refractivity contribution in [1.29, 1.82) is 0 Å². The van der Waals surface area contributed by atoms with E-state index in [1.54, 1.807) is 50.3 Å². The number of aliphatic carboxylic acids is 1. The van der Waals surface area contributed by atoms with Crippen LogP contribution in [0.3, 0.4) is 0 Å². The van der Waals surface area contributed by atoms with Crippen LogP contribution >= 0.6 is 7.26 Å². The van der Waals surface area contributed by atoms with Crippen molar-refractivity contribution in [3.63, 3.8) is 0 Å². The van der Waals surface area contributed by atoms with E-state index in [1.807, 2.05) is 0 Å². The molecule has 3 heteroatoms. The lowest BCUT2D eigenvalue weighted by Gasteiger charge is -2.28. The number of rotatable bonds is 43. The molecule has 0 N–H and O–H groups in total. The summed E-state index contributed by atoms with van der Waals surface area (Å²) in [6.45, 7) is 11.7. The molecular weight excluding hydrogens is 664 g/mol. The molecule has 0 amide bonds. The Morgan fingerprint density at radius 3 is 0.849 bits per heavy atom. The Morgan fingerprint density at radius 2 is 0.566 bits per heavy atom. The van der Waals surface area contributed by atoms with Gasteiger partial charge >= 0.3 is 0 Å². The van der Waals surface area contributed by atoms with Crippen LogP contribution in [-0.2, 0) is 4.79 Å². The van der Waals surface area contributed by atoms with Gasteiger partial charge in [-0.3, -0.25) is 0 Å². The van der Waals surface area contributed by atoms with Gasteiger partial charge in [-0.1, -0.05) is 201 Å². The molecule has 0 saturated carbocycles. The number of allylic oxidation sites excluding steroid dienone is 2. The quantitative estimate of drug-likeness (QED) is 0.0352. The zero-order chi connectivity index (χ0) is 39.2. The number of carboxylic acids is 1. The van der Waals surface area contributed by atoms with E-state index in [0.717, 1.165) is 19.3 Å². The lowest BCUT2D eigenvalue weighted by atomic mass is 10.1. The molecule has 2 nitrogen and oxygen atoms in total. The highest BCUT2D eigenvalue weighted by molar-refractivity contribution is 7.75. The third kappa shape index (κ3) is 45.9. The Kier molecular flexibility index (Phi) is 49.4. The molecule has 0 aliphatic heterocycles. The highest BCUT2D eigenvalue weighted by Crippen LogP contribution is 2.61. The topological polar surface area (TPSA) is 40.1 Å². The first-order chi connectivity index (χ1) is 26.0. The largest absolute Gasteiger partial charge is 0.550 e. The molecule has 0 aromatic rings. The summed E-state index contributed by atoms with van der Waals surface area (Å²) in [6.07, 6.45) is 63.0. The molecule has 53 heavy (non-hydrogen) atoms. The Morgan fingerprint density at radius 1 is 0.340 bits per heavy atom. The zero-order valence-corrected chi connectivity index (χ0v) is 38.5. The second-order valence-corrected chi connectivity index (χ2v) is 21.5. The van der Waals surface area contributed by atoms with Crippen molar-refractivity contribution >= 4 is 13.2 Å².